The van der Waals surface area contributed by atoms with Gasteiger partial charge in [-0.05, 0) is 12.8 Å². The van der Waals surface area contributed by atoms with Crippen molar-refractivity contribution in [3.05, 3.63) is 66.9 Å². The third-order valence-electron chi connectivity index (χ3n) is 3.76. The molecule has 2 N–H and O–H groups in total. The standard InChI is InChI=1S/C20H21N3O/c24-14-8-7-13-21-18-15-22-19(16-9-3-1-4-10-16)20(23-18)17-11-5-2-6-12-17/h1-6,9-12,15,24H,7-8,13-14H2,(H,21,23). The van der Waals surface area contributed by atoms with E-state index in [1.165, 1.54) is 0 Å². The molecule has 0 spiro atoms. The van der Waals surface area contributed by atoms with Crippen LogP contribution in [0, 0.1) is 0 Å². The van der Waals surface area contributed by atoms with Gasteiger partial charge in [-0.3, -0.25) is 4.98 Å². The first kappa shape index (κ1) is 16.1. The number of benzene rings is 2. The van der Waals surface area contributed by atoms with E-state index >= 15 is 0 Å². The molecule has 0 aliphatic rings. The van der Waals surface area contributed by atoms with Crippen LogP contribution in [-0.4, -0.2) is 28.2 Å². The minimum absolute atomic E-state index is 0.218. The number of unbranched alkanes of at least 4 members (excludes halogenated alkanes) is 1. The van der Waals surface area contributed by atoms with Crippen LogP contribution >= 0.6 is 0 Å². The van der Waals surface area contributed by atoms with E-state index in [0.29, 0.717) is 0 Å². The van der Waals surface area contributed by atoms with E-state index in [1.54, 1.807) is 6.20 Å². The van der Waals surface area contributed by atoms with Crippen LogP contribution in [-0.2, 0) is 0 Å². The second-order valence-electron chi connectivity index (χ2n) is 5.54. The van der Waals surface area contributed by atoms with Crippen molar-refractivity contribution in [1.29, 1.82) is 0 Å². The van der Waals surface area contributed by atoms with Crippen molar-refractivity contribution in [2.75, 3.05) is 18.5 Å². The summed E-state index contributed by atoms with van der Waals surface area (Å²) in [5.41, 5.74) is 3.84. The molecule has 0 aliphatic heterocycles. The summed E-state index contributed by atoms with van der Waals surface area (Å²) in [5.74, 6) is 0.756. The molecule has 0 bridgehead atoms. The summed E-state index contributed by atoms with van der Waals surface area (Å²) in [4.78, 5) is 9.43. The smallest absolute Gasteiger partial charge is 0.145 e. The Hall–Kier alpha value is -2.72. The van der Waals surface area contributed by atoms with Crippen molar-refractivity contribution in [1.82, 2.24) is 9.97 Å². The Morgan fingerprint density at radius 1 is 0.792 bits per heavy atom. The average molecular weight is 319 g/mol. The number of nitrogens with one attached hydrogen (secondary N) is 1. The second kappa shape index (κ2) is 8.22. The topological polar surface area (TPSA) is 58.0 Å². The van der Waals surface area contributed by atoms with Gasteiger partial charge in [0.1, 0.15) is 5.82 Å². The Morgan fingerprint density at radius 3 is 2.04 bits per heavy atom. The molecule has 0 unspecified atom stereocenters. The van der Waals surface area contributed by atoms with Crippen LogP contribution in [0.15, 0.2) is 66.9 Å². The lowest BCUT2D eigenvalue weighted by Crippen LogP contribution is -2.06. The molecule has 4 nitrogen and oxygen atoms in total. The van der Waals surface area contributed by atoms with Gasteiger partial charge in [0.15, 0.2) is 0 Å². The van der Waals surface area contributed by atoms with E-state index in [4.69, 9.17) is 10.1 Å². The highest BCUT2D eigenvalue weighted by Gasteiger charge is 2.11. The summed E-state index contributed by atoms with van der Waals surface area (Å²) >= 11 is 0. The van der Waals surface area contributed by atoms with E-state index in [-0.39, 0.29) is 6.61 Å². The minimum atomic E-state index is 0.218. The van der Waals surface area contributed by atoms with Crippen LogP contribution in [0.25, 0.3) is 22.5 Å². The summed E-state index contributed by atoms with van der Waals surface area (Å²) in [7, 11) is 0. The van der Waals surface area contributed by atoms with E-state index in [0.717, 1.165) is 47.7 Å². The van der Waals surface area contributed by atoms with Crippen molar-refractivity contribution in [2.24, 2.45) is 0 Å². The molecule has 3 rings (SSSR count). The largest absolute Gasteiger partial charge is 0.396 e. The van der Waals surface area contributed by atoms with Crippen molar-refractivity contribution in [3.63, 3.8) is 0 Å². The molecule has 0 saturated carbocycles. The highest BCUT2D eigenvalue weighted by Crippen LogP contribution is 2.29. The molecule has 1 heterocycles. The number of aliphatic hydroxyl groups excluding tert-OH is 1. The lowest BCUT2D eigenvalue weighted by atomic mass is 10.0. The number of aromatic nitrogens is 2. The second-order valence-corrected chi connectivity index (χ2v) is 5.54. The van der Waals surface area contributed by atoms with Gasteiger partial charge in [-0.1, -0.05) is 60.7 Å². The van der Waals surface area contributed by atoms with Gasteiger partial charge in [0.05, 0.1) is 17.6 Å². The molecule has 0 saturated heterocycles. The van der Waals surface area contributed by atoms with Crippen molar-refractivity contribution >= 4 is 5.82 Å². The van der Waals surface area contributed by atoms with Crippen LogP contribution < -0.4 is 5.32 Å². The van der Waals surface area contributed by atoms with E-state index < -0.39 is 0 Å². The summed E-state index contributed by atoms with van der Waals surface area (Å²) in [6, 6.07) is 20.2. The lowest BCUT2D eigenvalue weighted by molar-refractivity contribution is 0.286. The maximum Gasteiger partial charge on any atom is 0.145 e. The van der Waals surface area contributed by atoms with Crippen molar-refractivity contribution in [2.45, 2.75) is 12.8 Å². The zero-order valence-electron chi connectivity index (χ0n) is 13.5. The van der Waals surface area contributed by atoms with Gasteiger partial charge in [-0.2, -0.15) is 0 Å². The maximum atomic E-state index is 8.86. The molecule has 4 heteroatoms. The predicted molar refractivity (Wildman–Crippen MR) is 97.7 cm³/mol. The zero-order valence-corrected chi connectivity index (χ0v) is 13.5. The summed E-state index contributed by atoms with van der Waals surface area (Å²) in [5, 5.41) is 12.1. The van der Waals surface area contributed by atoms with Crippen LogP contribution in [0.5, 0.6) is 0 Å². The summed E-state index contributed by atoms with van der Waals surface area (Å²) in [6.07, 6.45) is 3.46. The van der Waals surface area contributed by atoms with Gasteiger partial charge in [-0.25, -0.2) is 4.98 Å². The highest BCUT2D eigenvalue weighted by molar-refractivity contribution is 5.78. The molecule has 122 valence electrons. The first-order valence-corrected chi connectivity index (χ1v) is 8.21. The molecule has 0 aliphatic carbocycles. The van der Waals surface area contributed by atoms with Gasteiger partial charge < -0.3 is 10.4 Å². The predicted octanol–water partition coefficient (Wildman–Crippen LogP) is 4.00. The van der Waals surface area contributed by atoms with E-state index in [9.17, 15) is 0 Å². The number of hydrogen-bond acceptors (Lipinski definition) is 4. The Balaban J connectivity index is 1.94. The van der Waals surface area contributed by atoms with Crippen LogP contribution in [0.2, 0.25) is 0 Å². The van der Waals surface area contributed by atoms with Gasteiger partial charge in [0.25, 0.3) is 0 Å². The summed E-state index contributed by atoms with van der Waals surface area (Å²) in [6.45, 7) is 0.990. The molecular formula is C20H21N3O. The minimum Gasteiger partial charge on any atom is -0.396 e. The zero-order chi connectivity index (χ0) is 16.6. The Kier molecular flexibility index (Phi) is 5.53. The number of rotatable bonds is 7. The Morgan fingerprint density at radius 2 is 1.42 bits per heavy atom. The quantitative estimate of drug-likeness (QED) is 0.646. The van der Waals surface area contributed by atoms with Crippen molar-refractivity contribution in [3.8, 4) is 22.5 Å². The normalized spacial score (nSPS) is 10.5. The van der Waals surface area contributed by atoms with Gasteiger partial charge in [-0.15, -0.1) is 0 Å². The third kappa shape index (κ3) is 3.97. The van der Waals surface area contributed by atoms with Crippen LogP contribution in [0.4, 0.5) is 5.82 Å². The number of hydrogen-bond donors (Lipinski definition) is 2. The molecule has 2 aromatic carbocycles. The van der Waals surface area contributed by atoms with Gasteiger partial charge in [0.2, 0.25) is 0 Å². The lowest BCUT2D eigenvalue weighted by Gasteiger charge is -2.11. The molecule has 0 amide bonds. The molecule has 3 aromatic rings. The molecule has 0 atom stereocenters. The maximum absolute atomic E-state index is 8.86. The molecule has 24 heavy (non-hydrogen) atoms. The van der Waals surface area contributed by atoms with E-state index in [2.05, 4.69) is 10.3 Å². The highest BCUT2D eigenvalue weighted by atomic mass is 16.2. The number of aliphatic hydroxyl groups is 1. The number of nitrogens with zero attached hydrogens (tertiary/aromatic N) is 2. The van der Waals surface area contributed by atoms with Crippen LogP contribution in [0.1, 0.15) is 12.8 Å². The van der Waals surface area contributed by atoms with Crippen LogP contribution in [0.3, 0.4) is 0 Å². The Bertz CT molecular complexity index is 760. The van der Waals surface area contributed by atoms with Crippen molar-refractivity contribution < 1.29 is 5.11 Å². The first-order valence-electron chi connectivity index (χ1n) is 8.21. The fraction of sp³-hybridized carbons (Fsp3) is 0.200. The SMILES string of the molecule is OCCCCNc1cnc(-c2ccccc2)c(-c2ccccc2)n1. The fourth-order valence-electron chi connectivity index (χ4n) is 2.53. The van der Waals surface area contributed by atoms with E-state index in [1.807, 2.05) is 60.7 Å². The third-order valence-corrected chi connectivity index (χ3v) is 3.76. The summed E-state index contributed by atoms with van der Waals surface area (Å²) < 4.78 is 0. The molecule has 0 radical (unpaired) electrons. The first-order chi connectivity index (χ1) is 11.9. The molecule has 1 aromatic heterocycles. The fourth-order valence-corrected chi connectivity index (χ4v) is 2.53. The van der Waals surface area contributed by atoms with Gasteiger partial charge >= 0.3 is 0 Å². The monoisotopic (exact) mass is 319 g/mol. The molecular weight excluding hydrogens is 298 g/mol. The Labute approximate surface area is 142 Å². The number of anilines is 1. The molecule has 0 fully saturated rings. The average Bonchev–Trinajstić information content (AvgIpc) is 2.66. The van der Waals surface area contributed by atoms with Gasteiger partial charge in [0, 0.05) is 24.3 Å².